The predicted octanol–water partition coefficient (Wildman–Crippen LogP) is 4.16. The molecule has 0 atom stereocenters. The zero-order valence-electron chi connectivity index (χ0n) is 14.8. The van der Waals surface area contributed by atoms with Crippen LogP contribution >= 0.6 is 12.2 Å². The van der Waals surface area contributed by atoms with Gasteiger partial charge in [0.25, 0.3) is 0 Å². The minimum atomic E-state index is -0.144. The number of rotatable bonds is 3. The molecule has 2 aromatic carbocycles. The molecule has 0 aliphatic carbocycles. The Morgan fingerprint density at radius 2 is 1.62 bits per heavy atom. The van der Waals surface area contributed by atoms with Gasteiger partial charge in [-0.2, -0.15) is 0 Å². The number of nitrogens with one attached hydrogen (secondary N) is 2. The predicted molar refractivity (Wildman–Crippen MR) is 109 cm³/mol. The van der Waals surface area contributed by atoms with Gasteiger partial charge in [-0.3, -0.25) is 14.5 Å². The monoisotopic (exact) mass is 367 g/mol. The molecule has 2 amide bonds. The highest BCUT2D eigenvalue weighted by Crippen LogP contribution is 2.24. The van der Waals surface area contributed by atoms with Crippen molar-refractivity contribution in [2.45, 2.75) is 33.1 Å². The lowest BCUT2D eigenvalue weighted by atomic mass is 10.1. The van der Waals surface area contributed by atoms with Crippen LogP contribution in [0.2, 0.25) is 0 Å². The highest BCUT2D eigenvalue weighted by molar-refractivity contribution is 7.80. The molecule has 0 radical (unpaired) electrons. The molecule has 1 aliphatic heterocycles. The van der Waals surface area contributed by atoms with E-state index in [9.17, 15) is 9.59 Å². The lowest BCUT2D eigenvalue weighted by Crippen LogP contribution is -2.40. The molecule has 2 aromatic rings. The number of benzene rings is 2. The molecule has 0 unspecified atom stereocenters. The highest BCUT2D eigenvalue weighted by Gasteiger charge is 2.27. The zero-order chi connectivity index (χ0) is 18.7. The van der Waals surface area contributed by atoms with Crippen molar-refractivity contribution < 1.29 is 9.59 Å². The van der Waals surface area contributed by atoms with E-state index >= 15 is 0 Å². The molecule has 134 valence electrons. The molecule has 0 spiro atoms. The Bertz CT molecular complexity index is 846. The van der Waals surface area contributed by atoms with Crippen molar-refractivity contribution in [2.75, 3.05) is 15.5 Å². The topological polar surface area (TPSA) is 61.4 Å². The molecule has 1 aliphatic rings. The molecule has 0 aromatic heterocycles. The van der Waals surface area contributed by atoms with Crippen LogP contribution in [0.1, 0.15) is 30.4 Å². The van der Waals surface area contributed by atoms with Crippen LogP contribution in [-0.4, -0.2) is 16.9 Å². The number of nitrogens with zero attached hydrogens (tertiary/aromatic N) is 1. The molecule has 26 heavy (non-hydrogen) atoms. The number of anilines is 3. The summed E-state index contributed by atoms with van der Waals surface area (Å²) in [4.78, 5) is 25.2. The lowest BCUT2D eigenvalue weighted by Gasteiger charge is -2.25. The normalized spacial score (nSPS) is 14.3. The van der Waals surface area contributed by atoms with Crippen molar-refractivity contribution in [3.05, 3.63) is 53.6 Å². The summed E-state index contributed by atoms with van der Waals surface area (Å²) in [6, 6.07) is 13.3. The van der Waals surface area contributed by atoms with E-state index in [0.717, 1.165) is 22.5 Å². The van der Waals surface area contributed by atoms with E-state index in [0.29, 0.717) is 30.1 Å². The van der Waals surface area contributed by atoms with Gasteiger partial charge in [-0.25, -0.2) is 0 Å². The van der Waals surface area contributed by atoms with E-state index in [-0.39, 0.29) is 11.8 Å². The van der Waals surface area contributed by atoms with Crippen LogP contribution in [-0.2, 0) is 9.59 Å². The molecule has 3 rings (SSSR count). The van der Waals surface area contributed by atoms with Gasteiger partial charge in [-0.15, -0.1) is 0 Å². The molecular formula is C20H21N3O2S. The van der Waals surface area contributed by atoms with Gasteiger partial charge in [0.15, 0.2) is 5.11 Å². The summed E-state index contributed by atoms with van der Waals surface area (Å²) in [5.41, 5.74) is 4.61. The van der Waals surface area contributed by atoms with Gasteiger partial charge >= 0.3 is 0 Å². The Hall–Kier alpha value is -2.73. The second-order valence-corrected chi connectivity index (χ2v) is 6.83. The minimum absolute atomic E-state index is 0.144. The summed E-state index contributed by atoms with van der Waals surface area (Å²) < 4.78 is 0. The fourth-order valence-electron chi connectivity index (χ4n) is 2.89. The summed E-state index contributed by atoms with van der Waals surface area (Å²) >= 11 is 5.38. The van der Waals surface area contributed by atoms with E-state index in [4.69, 9.17) is 12.2 Å². The number of hydrogen-bond donors (Lipinski definition) is 2. The number of thiocarbonyl (C=S) groups is 1. The number of carbonyl (C=O) groups is 2. The van der Waals surface area contributed by atoms with Crippen LogP contribution < -0.4 is 15.5 Å². The smallest absolute Gasteiger partial charge is 0.233 e. The number of aryl methyl sites for hydroxylation is 2. The van der Waals surface area contributed by atoms with Crippen LogP contribution in [0.5, 0.6) is 0 Å². The SMILES string of the molecule is Cc1ccc(C)c(NC(=S)Nc2ccc(N3C(=O)CCCC3=O)cc2)c1. The van der Waals surface area contributed by atoms with Crippen molar-refractivity contribution in [3.63, 3.8) is 0 Å². The maximum absolute atomic E-state index is 12.0. The second-order valence-electron chi connectivity index (χ2n) is 6.42. The quantitative estimate of drug-likeness (QED) is 0.630. The third kappa shape index (κ3) is 4.08. The molecule has 5 nitrogen and oxygen atoms in total. The van der Waals surface area contributed by atoms with Crippen molar-refractivity contribution >= 4 is 46.2 Å². The molecule has 0 saturated carbocycles. The zero-order valence-corrected chi connectivity index (χ0v) is 15.7. The van der Waals surface area contributed by atoms with E-state index < -0.39 is 0 Å². The number of piperidine rings is 1. The van der Waals surface area contributed by atoms with Gasteiger partial charge in [0.1, 0.15) is 0 Å². The Kier molecular flexibility index (Phi) is 5.32. The summed E-state index contributed by atoms with van der Waals surface area (Å²) in [6.07, 6.45) is 1.46. The average Bonchev–Trinajstić information content (AvgIpc) is 2.59. The molecule has 6 heteroatoms. The van der Waals surface area contributed by atoms with Crippen LogP contribution in [0.3, 0.4) is 0 Å². The van der Waals surface area contributed by atoms with E-state index in [2.05, 4.69) is 16.7 Å². The fourth-order valence-corrected chi connectivity index (χ4v) is 3.12. The third-order valence-electron chi connectivity index (χ3n) is 4.30. The van der Waals surface area contributed by atoms with E-state index in [1.807, 2.05) is 38.1 Å². The molecule has 1 fully saturated rings. The highest BCUT2D eigenvalue weighted by atomic mass is 32.1. The van der Waals surface area contributed by atoms with E-state index in [1.165, 1.54) is 4.90 Å². The van der Waals surface area contributed by atoms with Gasteiger partial charge in [0.2, 0.25) is 11.8 Å². The van der Waals surface area contributed by atoms with Crippen molar-refractivity contribution in [3.8, 4) is 0 Å². The third-order valence-corrected chi connectivity index (χ3v) is 4.51. The molecule has 2 N–H and O–H groups in total. The standard InChI is InChI=1S/C20H21N3O2S/c1-13-6-7-14(2)17(12-13)22-20(26)21-15-8-10-16(11-9-15)23-18(24)4-3-5-19(23)25/h6-12H,3-5H2,1-2H3,(H2,21,22,26). The van der Waals surface area contributed by atoms with Gasteiger partial charge in [-0.05, 0) is 73.9 Å². The van der Waals surface area contributed by atoms with Crippen LogP contribution in [0, 0.1) is 13.8 Å². The van der Waals surface area contributed by atoms with Crippen molar-refractivity contribution in [1.82, 2.24) is 0 Å². The number of imide groups is 1. The van der Waals surface area contributed by atoms with Gasteiger partial charge < -0.3 is 10.6 Å². The van der Waals surface area contributed by atoms with Crippen LogP contribution in [0.4, 0.5) is 17.1 Å². The first-order valence-electron chi connectivity index (χ1n) is 8.55. The Morgan fingerprint density at radius 1 is 0.962 bits per heavy atom. The lowest BCUT2D eigenvalue weighted by molar-refractivity contribution is -0.129. The molecule has 1 saturated heterocycles. The molecular weight excluding hydrogens is 346 g/mol. The molecule has 1 heterocycles. The van der Waals surface area contributed by atoms with Crippen LogP contribution in [0.25, 0.3) is 0 Å². The Labute approximate surface area is 158 Å². The van der Waals surface area contributed by atoms with Gasteiger partial charge in [0, 0.05) is 24.2 Å². The van der Waals surface area contributed by atoms with E-state index in [1.54, 1.807) is 12.1 Å². The number of carbonyl (C=O) groups excluding carboxylic acids is 2. The number of hydrogen-bond acceptors (Lipinski definition) is 3. The first-order valence-corrected chi connectivity index (χ1v) is 8.96. The summed E-state index contributed by atoms with van der Waals surface area (Å²) in [6.45, 7) is 4.05. The van der Waals surface area contributed by atoms with Crippen LogP contribution in [0.15, 0.2) is 42.5 Å². The Balaban J connectivity index is 1.67. The largest absolute Gasteiger partial charge is 0.332 e. The van der Waals surface area contributed by atoms with Gasteiger partial charge in [0.05, 0.1) is 5.69 Å². The second kappa shape index (κ2) is 7.66. The average molecular weight is 367 g/mol. The fraction of sp³-hybridized carbons (Fsp3) is 0.250. The summed E-state index contributed by atoms with van der Waals surface area (Å²) in [5, 5.41) is 6.80. The van der Waals surface area contributed by atoms with Gasteiger partial charge in [-0.1, -0.05) is 12.1 Å². The molecule has 0 bridgehead atoms. The van der Waals surface area contributed by atoms with Crippen molar-refractivity contribution in [2.24, 2.45) is 0 Å². The van der Waals surface area contributed by atoms with Crippen molar-refractivity contribution in [1.29, 1.82) is 0 Å². The minimum Gasteiger partial charge on any atom is -0.332 e. The first kappa shape index (κ1) is 18.1. The maximum atomic E-state index is 12.0. The summed E-state index contributed by atoms with van der Waals surface area (Å²) in [5.74, 6) is -0.289. The number of amides is 2. The summed E-state index contributed by atoms with van der Waals surface area (Å²) in [7, 11) is 0. The maximum Gasteiger partial charge on any atom is 0.233 e. The first-order chi connectivity index (χ1) is 12.4. The Morgan fingerprint density at radius 3 is 2.27 bits per heavy atom.